The third kappa shape index (κ3) is 3.15. The molecule has 2 fully saturated rings. The fourth-order valence-electron chi connectivity index (χ4n) is 2.94. The molecule has 1 aromatic rings. The highest BCUT2D eigenvalue weighted by molar-refractivity contribution is 5.53. The maximum atomic E-state index is 14.0. The summed E-state index contributed by atoms with van der Waals surface area (Å²) in [7, 11) is 1.78. The van der Waals surface area contributed by atoms with Crippen molar-refractivity contribution in [1.82, 2.24) is 10.2 Å². The second-order valence-electron chi connectivity index (χ2n) is 5.86. The number of piperazine rings is 1. The number of rotatable bonds is 3. The first-order valence-corrected chi connectivity index (χ1v) is 7.48. The second kappa shape index (κ2) is 6.34. The summed E-state index contributed by atoms with van der Waals surface area (Å²) in [6, 6.07) is 2.17. The standard InChI is InChI=1S/C15H20F3N3O/c1-20-8-12(18)15(9-20)22-14-7-13(10(16)6-11(14)17)21-4-2-19-3-5-21/h6-7,12,15,19H,2-5,8-9H2,1H3/t12-,15-/m0/s1. The molecule has 4 nitrogen and oxygen atoms in total. The molecule has 0 aromatic heterocycles. The largest absolute Gasteiger partial charge is 0.483 e. The molecular formula is C15H20F3N3O. The lowest BCUT2D eigenvalue weighted by molar-refractivity contribution is 0.133. The van der Waals surface area contributed by atoms with E-state index in [-0.39, 0.29) is 12.3 Å². The zero-order chi connectivity index (χ0) is 15.7. The predicted octanol–water partition coefficient (Wildman–Crippen LogP) is 1.41. The second-order valence-corrected chi connectivity index (χ2v) is 5.86. The lowest BCUT2D eigenvalue weighted by Gasteiger charge is -2.30. The third-order valence-corrected chi connectivity index (χ3v) is 4.12. The number of alkyl halides is 1. The van der Waals surface area contributed by atoms with Gasteiger partial charge in [0.15, 0.2) is 17.7 Å². The van der Waals surface area contributed by atoms with Gasteiger partial charge in [-0.3, -0.25) is 4.90 Å². The monoisotopic (exact) mass is 315 g/mol. The Morgan fingerprint density at radius 1 is 1.14 bits per heavy atom. The van der Waals surface area contributed by atoms with Crippen molar-refractivity contribution in [2.75, 3.05) is 51.2 Å². The molecule has 2 aliphatic rings. The number of likely N-dealkylation sites (N-methyl/N-ethyl adjacent to an activating group) is 1. The van der Waals surface area contributed by atoms with E-state index in [2.05, 4.69) is 5.32 Å². The van der Waals surface area contributed by atoms with E-state index >= 15 is 0 Å². The van der Waals surface area contributed by atoms with Crippen molar-refractivity contribution in [2.45, 2.75) is 12.3 Å². The number of hydrogen-bond donors (Lipinski definition) is 1. The topological polar surface area (TPSA) is 27.7 Å². The first-order chi connectivity index (χ1) is 10.5. The number of likely N-dealkylation sites (tertiary alicyclic amines) is 1. The van der Waals surface area contributed by atoms with Crippen LogP contribution in [0.3, 0.4) is 0 Å². The summed E-state index contributed by atoms with van der Waals surface area (Å²) in [6.07, 6.45) is -1.89. The zero-order valence-corrected chi connectivity index (χ0v) is 12.5. The van der Waals surface area contributed by atoms with Crippen LogP contribution in [0.5, 0.6) is 5.75 Å². The molecule has 0 radical (unpaired) electrons. The van der Waals surface area contributed by atoms with Crippen molar-refractivity contribution in [3.05, 3.63) is 23.8 Å². The molecule has 7 heteroatoms. The molecular weight excluding hydrogens is 295 g/mol. The average Bonchev–Trinajstić information content (AvgIpc) is 2.80. The van der Waals surface area contributed by atoms with Crippen molar-refractivity contribution in [1.29, 1.82) is 0 Å². The van der Waals surface area contributed by atoms with Crippen LogP contribution in [0.25, 0.3) is 0 Å². The van der Waals surface area contributed by atoms with Crippen molar-refractivity contribution < 1.29 is 17.9 Å². The molecule has 2 aliphatic heterocycles. The van der Waals surface area contributed by atoms with Crippen LogP contribution in [0.2, 0.25) is 0 Å². The summed E-state index contributed by atoms with van der Waals surface area (Å²) in [5.41, 5.74) is 0.305. The lowest BCUT2D eigenvalue weighted by atomic mass is 10.2. The van der Waals surface area contributed by atoms with E-state index < -0.39 is 23.9 Å². The smallest absolute Gasteiger partial charge is 0.168 e. The fourth-order valence-corrected chi connectivity index (χ4v) is 2.94. The average molecular weight is 315 g/mol. The van der Waals surface area contributed by atoms with E-state index in [1.807, 2.05) is 4.90 Å². The quantitative estimate of drug-likeness (QED) is 0.913. The molecule has 0 spiro atoms. The number of hydrogen-bond acceptors (Lipinski definition) is 4. The van der Waals surface area contributed by atoms with Crippen molar-refractivity contribution in [3.63, 3.8) is 0 Å². The minimum absolute atomic E-state index is 0.0853. The molecule has 122 valence electrons. The van der Waals surface area contributed by atoms with Gasteiger partial charge in [0.05, 0.1) is 5.69 Å². The molecule has 0 bridgehead atoms. The Balaban J connectivity index is 1.81. The fraction of sp³-hybridized carbons (Fsp3) is 0.600. The number of ether oxygens (including phenoxy) is 1. The number of benzene rings is 1. The van der Waals surface area contributed by atoms with Gasteiger partial charge in [-0.25, -0.2) is 13.2 Å². The molecule has 2 saturated heterocycles. The van der Waals surface area contributed by atoms with E-state index in [4.69, 9.17) is 4.74 Å². The van der Waals surface area contributed by atoms with Crippen LogP contribution in [0, 0.1) is 11.6 Å². The molecule has 1 N–H and O–H groups in total. The lowest BCUT2D eigenvalue weighted by Crippen LogP contribution is -2.44. The van der Waals surface area contributed by atoms with Crippen LogP contribution >= 0.6 is 0 Å². The molecule has 0 unspecified atom stereocenters. The van der Waals surface area contributed by atoms with Gasteiger partial charge in [-0.1, -0.05) is 0 Å². The van der Waals surface area contributed by atoms with Crippen LogP contribution in [-0.2, 0) is 0 Å². The Hall–Kier alpha value is -1.47. The third-order valence-electron chi connectivity index (χ3n) is 4.12. The van der Waals surface area contributed by atoms with E-state index in [1.165, 1.54) is 6.07 Å². The van der Waals surface area contributed by atoms with Gasteiger partial charge >= 0.3 is 0 Å². The minimum atomic E-state index is -1.17. The number of halogens is 3. The molecule has 22 heavy (non-hydrogen) atoms. The van der Waals surface area contributed by atoms with Crippen LogP contribution < -0.4 is 15.0 Å². The summed E-state index contributed by atoms with van der Waals surface area (Å²) >= 11 is 0. The maximum absolute atomic E-state index is 14.0. The van der Waals surface area contributed by atoms with Crippen LogP contribution in [0.4, 0.5) is 18.9 Å². The van der Waals surface area contributed by atoms with Gasteiger partial charge in [0.25, 0.3) is 0 Å². The molecule has 0 amide bonds. The number of anilines is 1. The summed E-state index contributed by atoms with van der Waals surface area (Å²) in [5, 5.41) is 3.17. The van der Waals surface area contributed by atoms with Crippen molar-refractivity contribution >= 4 is 5.69 Å². The summed E-state index contributed by atoms with van der Waals surface area (Å²) in [5.74, 6) is -1.50. The van der Waals surface area contributed by atoms with Crippen LogP contribution in [-0.4, -0.2) is 63.5 Å². The Kier molecular flexibility index (Phi) is 4.44. The first-order valence-electron chi connectivity index (χ1n) is 7.48. The first kappa shape index (κ1) is 15.4. The molecule has 2 heterocycles. The Morgan fingerprint density at radius 3 is 2.50 bits per heavy atom. The molecule has 3 rings (SSSR count). The van der Waals surface area contributed by atoms with E-state index in [9.17, 15) is 13.2 Å². The highest BCUT2D eigenvalue weighted by atomic mass is 19.1. The normalized spacial score (nSPS) is 26.5. The van der Waals surface area contributed by atoms with Gasteiger partial charge in [-0.15, -0.1) is 0 Å². The summed E-state index contributed by atoms with van der Waals surface area (Å²) in [4.78, 5) is 3.62. The van der Waals surface area contributed by atoms with Gasteiger partial charge in [-0.05, 0) is 7.05 Å². The Labute approximate surface area is 127 Å². The van der Waals surface area contributed by atoms with Crippen LogP contribution in [0.15, 0.2) is 12.1 Å². The highest BCUT2D eigenvalue weighted by Crippen LogP contribution is 2.30. The minimum Gasteiger partial charge on any atom is -0.483 e. The summed E-state index contributed by atoms with van der Waals surface area (Å²) in [6.45, 7) is 3.42. The highest BCUT2D eigenvalue weighted by Gasteiger charge is 2.33. The van der Waals surface area contributed by atoms with E-state index in [0.29, 0.717) is 25.3 Å². The van der Waals surface area contributed by atoms with E-state index in [1.54, 1.807) is 11.9 Å². The van der Waals surface area contributed by atoms with Crippen molar-refractivity contribution in [3.8, 4) is 5.75 Å². The van der Waals surface area contributed by atoms with Gasteiger partial charge in [-0.2, -0.15) is 0 Å². The number of nitrogens with zero attached hydrogens (tertiary/aromatic N) is 2. The molecule has 1 aromatic carbocycles. The SMILES string of the molecule is CN1C[C@H](Oc2cc(N3CCNCC3)c(F)cc2F)[C@@H](F)C1. The van der Waals surface area contributed by atoms with Gasteiger partial charge in [0.2, 0.25) is 0 Å². The van der Waals surface area contributed by atoms with E-state index in [0.717, 1.165) is 19.2 Å². The van der Waals surface area contributed by atoms with Gasteiger partial charge in [0.1, 0.15) is 11.9 Å². The van der Waals surface area contributed by atoms with Gasteiger partial charge in [0, 0.05) is 51.4 Å². The van der Waals surface area contributed by atoms with Gasteiger partial charge < -0.3 is 15.0 Å². The number of nitrogens with one attached hydrogen (secondary N) is 1. The Morgan fingerprint density at radius 2 is 1.86 bits per heavy atom. The van der Waals surface area contributed by atoms with Crippen molar-refractivity contribution in [2.24, 2.45) is 0 Å². The Bertz CT molecular complexity index is 537. The maximum Gasteiger partial charge on any atom is 0.168 e. The zero-order valence-electron chi connectivity index (χ0n) is 12.5. The molecule has 0 saturated carbocycles. The molecule has 2 atom stereocenters. The molecule has 0 aliphatic carbocycles. The predicted molar refractivity (Wildman–Crippen MR) is 78.2 cm³/mol. The summed E-state index contributed by atoms with van der Waals surface area (Å²) < 4.78 is 47.3. The van der Waals surface area contributed by atoms with Crippen LogP contribution in [0.1, 0.15) is 0 Å².